The lowest BCUT2D eigenvalue weighted by atomic mass is 9.98. The number of amides is 1. The third-order valence-electron chi connectivity index (χ3n) is 6.61. The highest BCUT2D eigenvalue weighted by Gasteiger charge is 2.45. The first-order chi connectivity index (χ1) is 19.0. The summed E-state index contributed by atoms with van der Waals surface area (Å²) < 4.78 is 18.1. The molecule has 0 N–H and O–H groups in total. The molecule has 0 fully saturated rings. The molecule has 8 heteroatoms. The fraction of sp³-hybridized carbons (Fsp3) is 0.161. The average molecular weight is 520 g/mol. The van der Waals surface area contributed by atoms with Crippen LogP contribution in [0.5, 0.6) is 11.5 Å². The molecular formula is C31H25N3O5. The molecule has 1 aliphatic rings. The van der Waals surface area contributed by atoms with Gasteiger partial charge in [-0.3, -0.25) is 14.5 Å². The van der Waals surface area contributed by atoms with Crippen molar-refractivity contribution in [3.05, 3.63) is 123 Å². The molecule has 5 aromatic rings. The van der Waals surface area contributed by atoms with Gasteiger partial charge in [0.05, 0.1) is 23.6 Å². The summed E-state index contributed by atoms with van der Waals surface area (Å²) in [6.07, 6.45) is 3.10. The van der Waals surface area contributed by atoms with E-state index >= 15 is 0 Å². The molecule has 1 aliphatic heterocycles. The van der Waals surface area contributed by atoms with Crippen LogP contribution in [0.25, 0.3) is 11.0 Å². The second-order valence-electron chi connectivity index (χ2n) is 9.21. The van der Waals surface area contributed by atoms with Crippen LogP contribution in [0.2, 0.25) is 0 Å². The number of hydrogen-bond donors (Lipinski definition) is 0. The highest BCUT2D eigenvalue weighted by molar-refractivity contribution is 6.09. The van der Waals surface area contributed by atoms with Crippen LogP contribution in [-0.4, -0.2) is 22.5 Å². The van der Waals surface area contributed by atoms with Crippen molar-refractivity contribution in [3.63, 3.8) is 0 Å². The van der Waals surface area contributed by atoms with E-state index < -0.39 is 11.9 Å². The molecule has 8 nitrogen and oxygen atoms in total. The minimum absolute atomic E-state index is 0.0174. The normalized spacial score (nSPS) is 14.5. The molecule has 1 atom stereocenters. The van der Waals surface area contributed by atoms with Crippen LogP contribution in [-0.2, 0) is 6.61 Å². The average Bonchev–Trinajstić information content (AvgIpc) is 3.26. The molecule has 0 saturated carbocycles. The lowest BCUT2D eigenvalue weighted by molar-refractivity contribution is 0.0969. The number of anilines is 1. The maximum Gasteiger partial charge on any atom is 0.297 e. The lowest BCUT2D eigenvalue weighted by Gasteiger charge is -2.24. The Morgan fingerprint density at radius 3 is 2.46 bits per heavy atom. The van der Waals surface area contributed by atoms with Crippen LogP contribution in [0.4, 0.5) is 5.95 Å². The topological polar surface area (TPSA) is 94.8 Å². The van der Waals surface area contributed by atoms with Gasteiger partial charge in [-0.25, -0.2) is 9.97 Å². The van der Waals surface area contributed by atoms with Gasteiger partial charge in [0.15, 0.2) is 16.9 Å². The molecule has 0 radical (unpaired) electrons. The fourth-order valence-electron chi connectivity index (χ4n) is 4.84. The van der Waals surface area contributed by atoms with Crippen molar-refractivity contribution in [1.29, 1.82) is 0 Å². The molecule has 1 unspecified atom stereocenters. The zero-order valence-electron chi connectivity index (χ0n) is 21.5. The highest BCUT2D eigenvalue weighted by Crippen LogP contribution is 2.42. The molecule has 3 heterocycles. The Kier molecular flexibility index (Phi) is 6.28. The van der Waals surface area contributed by atoms with Crippen LogP contribution < -0.4 is 19.8 Å². The first-order valence-corrected chi connectivity index (χ1v) is 12.7. The zero-order valence-corrected chi connectivity index (χ0v) is 21.5. The van der Waals surface area contributed by atoms with Crippen molar-refractivity contribution < 1.29 is 18.7 Å². The molecule has 6 rings (SSSR count). The predicted molar refractivity (Wildman–Crippen MR) is 146 cm³/mol. The van der Waals surface area contributed by atoms with E-state index in [4.69, 9.17) is 13.9 Å². The number of carbonyl (C=O) groups is 1. The number of rotatable bonds is 7. The zero-order chi connectivity index (χ0) is 26.9. The van der Waals surface area contributed by atoms with E-state index in [0.29, 0.717) is 41.2 Å². The van der Waals surface area contributed by atoms with Gasteiger partial charge in [-0.2, -0.15) is 0 Å². The number of fused-ring (bicyclic) bond motifs is 2. The van der Waals surface area contributed by atoms with Crippen LogP contribution in [0, 0.1) is 6.92 Å². The molecule has 0 spiro atoms. The van der Waals surface area contributed by atoms with E-state index in [-0.39, 0.29) is 22.7 Å². The van der Waals surface area contributed by atoms with Gasteiger partial charge >= 0.3 is 0 Å². The summed E-state index contributed by atoms with van der Waals surface area (Å²) in [5.41, 5.74) is 2.90. The smallest absolute Gasteiger partial charge is 0.297 e. The molecule has 1 amide bonds. The minimum atomic E-state index is -0.821. The summed E-state index contributed by atoms with van der Waals surface area (Å²) in [6.45, 7) is 4.56. The van der Waals surface area contributed by atoms with E-state index in [0.717, 1.165) is 11.1 Å². The van der Waals surface area contributed by atoms with Gasteiger partial charge in [0.2, 0.25) is 11.7 Å². The van der Waals surface area contributed by atoms with Crippen LogP contribution in [0.15, 0.2) is 94.4 Å². The van der Waals surface area contributed by atoms with Crippen LogP contribution >= 0.6 is 0 Å². The van der Waals surface area contributed by atoms with E-state index in [1.807, 2.05) is 56.3 Å². The molecule has 0 aliphatic carbocycles. The summed E-state index contributed by atoms with van der Waals surface area (Å²) in [7, 11) is 0. The Balaban J connectivity index is 1.50. The summed E-state index contributed by atoms with van der Waals surface area (Å²) in [6, 6.07) is 21.4. The summed E-state index contributed by atoms with van der Waals surface area (Å²) in [4.78, 5) is 37.7. The quantitative estimate of drug-likeness (QED) is 0.275. The van der Waals surface area contributed by atoms with Gasteiger partial charge in [-0.05, 0) is 55.3 Å². The maximum absolute atomic E-state index is 13.9. The number of nitrogens with zero attached hydrogens (tertiary/aromatic N) is 3. The van der Waals surface area contributed by atoms with E-state index in [2.05, 4.69) is 9.97 Å². The van der Waals surface area contributed by atoms with Crippen molar-refractivity contribution in [2.24, 2.45) is 0 Å². The van der Waals surface area contributed by atoms with E-state index in [1.165, 1.54) is 4.90 Å². The molecular weight excluding hydrogens is 494 g/mol. The van der Waals surface area contributed by atoms with Crippen molar-refractivity contribution >= 4 is 22.8 Å². The monoisotopic (exact) mass is 519 g/mol. The minimum Gasteiger partial charge on any atom is -0.490 e. The molecule has 2 aromatic heterocycles. The van der Waals surface area contributed by atoms with E-state index in [1.54, 1.807) is 42.7 Å². The predicted octanol–water partition coefficient (Wildman–Crippen LogP) is 5.62. The number of aromatic nitrogens is 2. The lowest BCUT2D eigenvalue weighted by Crippen LogP contribution is -2.31. The highest BCUT2D eigenvalue weighted by atomic mass is 16.5. The van der Waals surface area contributed by atoms with Crippen molar-refractivity contribution in [3.8, 4) is 11.5 Å². The number of carbonyl (C=O) groups excluding carboxylic acids is 1. The third kappa shape index (κ3) is 4.40. The van der Waals surface area contributed by atoms with E-state index in [9.17, 15) is 9.59 Å². The van der Waals surface area contributed by atoms with Crippen molar-refractivity contribution in [2.75, 3.05) is 11.5 Å². The first-order valence-electron chi connectivity index (χ1n) is 12.7. The van der Waals surface area contributed by atoms with Gasteiger partial charge < -0.3 is 13.9 Å². The Bertz CT molecular complexity index is 1730. The third-order valence-corrected chi connectivity index (χ3v) is 6.61. The molecule has 3 aromatic carbocycles. The Morgan fingerprint density at radius 1 is 0.897 bits per heavy atom. The number of hydrogen-bond acceptors (Lipinski definition) is 7. The summed E-state index contributed by atoms with van der Waals surface area (Å²) in [5, 5.41) is 0.412. The Morgan fingerprint density at radius 2 is 1.69 bits per heavy atom. The first kappa shape index (κ1) is 24.4. The SMILES string of the molecule is CCOc1cc(C2c3c(oc4ccc(C)cc4c3=O)C(=O)N2c2ncccn2)ccc1OCc1ccccc1. The standard InChI is InChI=1S/C31H25N3O5/c1-3-37-25-17-21(11-13-24(25)38-18-20-8-5-4-6-9-20)27-26-28(35)22-16-19(2)10-12-23(22)39-29(26)30(36)34(27)31-32-14-7-15-33-31/h4-17,27H,3,18H2,1-2H3. The summed E-state index contributed by atoms with van der Waals surface area (Å²) >= 11 is 0. The van der Waals surface area contributed by atoms with Gasteiger partial charge in [-0.1, -0.05) is 48.0 Å². The summed E-state index contributed by atoms with van der Waals surface area (Å²) in [5.74, 6) is 0.722. The molecule has 0 saturated heterocycles. The Hall–Kier alpha value is -4.98. The fourth-order valence-corrected chi connectivity index (χ4v) is 4.84. The van der Waals surface area contributed by atoms with Gasteiger partial charge in [0.25, 0.3) is 5.91 Å². The van der Waals surface area contributed by atoms with Crippen molar-refractivity contribution in [1.82, 2.24) is 9.97 Å². The second kappa shape index (κ2) is 10.1. The number of aryl methyl sites for hydroxylation is 1. The number of benzene rings is 3. The largest absolute Gasteiger partial charge is 0.490 e. The molecule has 194 valence electrons. The van der Waals surface area contributed by atoms with Crippen LogP contribution in [0.1, 0.15) is 45.8 Å². The van der Waals surface area contributed by atoms with Gasteiger partial charge in [0, 0.05) is 12.4 Å². The molecule has 0 bridgehead atoms. The van der Waals surface area contributed by atoms with Gasteiger partial charge in [-0.15, -0.1) is 0 Å². The molecule has 39 heavy (non-hydrogen) atoms. The maximum atomic E-state index is 13.9. The Labute approximate surface area is 224 Å². The number of ether oxygens (including phenoxy) is 2. The van der Waals surface area contributed by atoms with Gasteiger partial charge in [0.1, 0.15) is 12.2 Å². The van der Waals surface area contributed by atoms with Crippen molar-refractivity contribution in [2.45, 2.75) is 26.5 Å². The second-order valence-corrected chi connectivity index (χ2v) is 9.21. The van der Waals surface area contributed by atoms with Crippen LogP contribution in [0.3, 0.4) is 0 Å².